The van der Waals surface area contributed by atoms with E-state index in [1.54, 1.807) is 7.11 Å². The molecule has 3 rings (SSSR count). The zero-order valence-corrected chi connectivity index (χ0v) is 14.1. The number of para-hydroxylation sites is 1. The average molecular weight is 309 g/mol. The maximum atomic E-state index is 6.03. The summed E-state index contributed by atoms with van der Waals surface area (Å²) < 4.78 is 11.6. The molecule has 0 radical (unpaired) electrons. The quantitative estimate of drug-likeness (QED) is 0.857. The molecular weight excluding hydrogens is 286 g/mol. The lowest BCUT2D eigenvalue weighted by molar-refractivity contribution is 0.158. The topological polar surface area (TPSA) is 30.5 Å². The number of anilines is 1. The molecule has 1 N–H and O–H groups in total. The van der Waals surface area contributed by atoms with E-state index in [-0.39, 0.29) is 11.6 Å². The molecule has 1 heterocycles. The van der Waals surface area contributed by atoms with Gasteiger partial charge in [-0.3, -0.25) is 0 Å². The van der Waals surface area contributed by atoms with Crippen molar-refractivity contribution in [3.63, 3.8) is 0 Å². The summed E-state index contributed by atoms with van der Waals surface area (Å²) >= 11 is 0. The van der Waals surface area contributed by atoms with E-state index in [0.29, 0.717) is 0 Å². The highest BCUT2D eigenvalue weighted by molar-refractivity contribution is 5.65. The van der Waals surface area contributed by atoms with Crippen molar-refractivity contribution in [2.75, 3.05) is 12.4 Å². The van der Waals surface area contributed by atoms with Crippen LogP contribution < -0.4 is 14.8 Å². The van der Waals surface area contributed by atoms with Crippen LogP contribution in [0.5, 0.6) is 11.5 Å². The second kappa shape index (κ2) is 5.99. The van der Waals surface area contributed by atoms with E-state index in [4.69, 9.17) is 9.47 Å². The molecule has 3 nitrogen and oxygen atoms in total. The average Bonchev–Trinajstić information content (AvgIpc) is 2.53. The van der Waals surface area contributed by atoms with Gasteiger partial charge in [-0.15, -0.1) is 0 Å². The van der Waals surface area contributed by atoms with Gasteiger partial charge in [0.2, 0.25) is 0 Å². The normalized spacial score (nSPS) is 16.2. The highest BCUT2D eigenvalue weighted by Crippen LogP contribution is 2.38. The first-order chi connectivity index (χ1) is 11.0. The van der Waals surface area contributed by atoms with E-state index in [0.717, 1.165) is 28.3 Å². The van der Waals surface area contributed by atoms with Crippen LogP contribution in [0.3, 0.4) is 0 Å². The molecule has 2 aromatic rings. The number of benzene rings is 2. The minimum absolute atomic E-state index is 0.126. The van der Waals surface area contributed by atoms with E-state index in [1.807, 2.05) is 38.1 Å². The predicted molar refractivity (Wildman–Crippen MR) is 95.2 cm³/mol. The Morgan fingerprint density at radius 2 is 1.87 bits per heavy atom. The van der Waals surface area contributed by atoms with Crippen LogP contribution in [0, 0.1) is 0 Å². The van der Waals surface area contributed by atoms with Crippen LogP contribution >= 0.6 is 0 Å². The standard InChI is InChI=1S/C20H23NO2/c1-14(21-16-8-6-5-7-9-16)17-12-15-10-11-20(2,3)23-18(15)13-19(17)22-4/h5-14,21H,1-4H3. The number of hydrogen-bond acceptors (Lipinski definition) is 3. The first kappa shape index (κ1) is 15.5. The lowest BCUT2D eigenvalue weighted by Crippen LogP contribution is -2.27. The summed E-state index contributed by atoms with van der Waals surface area (Å²) in [6.07, 6.45) is 4.21. The third-order valence-electron chi connectivity index (χ3n) is 4.02. The van der Waals surface area contributed by atoms with Gasteiger partial charge in [-0.05, 0) is 45.0 Å². The summed E-state index contributed by atoms with van der Waals surface area (Å²) in [6, 6.07) is 14.4. The van der Waals surface area contributed by atoms with Crippen LogP contribution in [-0.4, -0.2) is 12.7 Å². The van der Waals surface area contributed by atoms with Gasteiger partial charge in [0.1, 0.15) is 17.1 Å². The van der Waals surface area contributed by atoms with Gasteiger partial charge in [0, 0.05) is 22.9 Å². The first-order valence-corrected chi connectivity index (χ1v) is 7.90. The molecule has 2 aromatic carbocycles. The van der Waals surface area contributed by atoms with Crippen molar-refractivity contribution < 1.29 is 9.47 Å². The third kappa shape index (κ3) is 3.34. The minimum Gasteiger partial charge on any atom is -0.496 e. The van der Waals surface area contributed by atoms with Crippen molar-refractivity contribution >= 4 is 11.8 Å². The van der Waals surface area contributed by atoms with Crippen LogP contribution in [0.1, 0.15) is 37.9 Å². The molecule has 120 valence electrons. The number of methoxy groups -OCH3 is 1. The molecule has 0 bridgehead atoms. The number of hydrogen-bond donors (Lipinski definition) is 1. The van der Waals surface area contributed by atoms with E-state index >= 15 is 0 Å². The largest absolute Gasteiger partial charge is 0.496 e. The molecule has 0 fully saturated rings. The Kier molecular flexibility index (Phi) is 4.03. The SMILES string of the molecule is COc1cc2c(cc1C(C)Nc1ccccc1)C=CC(C)(C)O2. The number of ether oxygens (including phenoxy) is 2. The van der Waals surface area contributed by atoms with Crippen molar-refractivity contribution in [2.24, 2.45) is 0 Å². The van der Waals surface area contributed by atoms with Crippen molar-refractivity contribution in [1.82, 2.24) is 0 Å². The van der Waals surface area contributed by atoms with Gasteiger partial charge in [0.15, 0.2) is 0 Å². The number of nitrogens with one attached hydrogen (secondary N) is 1. The molecule has 1 atom stereocenters. The molecule has 0 saturated carbocycles. The second-order valence-electron chi connectivity index (χ2n) is 6.40. The van der Waals surface area contributed by atoms with Crippen molar-refractivity contribution in [3.8, 4) is 11.5 Å². The van der Waals surface area contributed by atoms with Crippen molar-refractivity contribution in [3.05, 3.63) is 59.7 Å². The van der Waals surface area contributed by atoms with Gasteiger partial charge in [0.05, 0.1) is 13.2 Å². The summed E-state index contributed by atoms with van der Waals surface area (Å²) in [7, 11) is 1.70. The fraction of sp³-hybridized carbons (Fsp3) is 0.300. The van der Waals surface area contributed by atoms with Gasteiger partial charge in [-0.25, -0.2) is 0 Å². The Morgan fingerprint density at radius 1 is 1.13 bits per heavy atom. The monoisotopic (exact) mass is 309 g/mol. The minimum atomic E-state index is -0.284. The molecule has 0 saturated heterocycles. The van der Waals surface area contributed by atoms with Gasteiger partial charge >= 0.3 is 0 Å². The molecule has 0 spiro atoms. The van der Waals surface area contributed by atoms with Gasteiger partial charge in [-0.1, -0.05) is 24.3 Å². The maximum Gasteiger partial charge on any atom is 0.131 e. The zero-order valence-electron chi connectivity index (χ0n) is 14.1. The number of fused-ring (bicyclic) bond motifs is 1. The lowest BCUT2D eigenvalue weighted by Gasteiger charge is -2.29. The van der Waals surface area contributed by atoms with Crippen LogP contribution in [0.2, 0.25) is 0 Å². The molecule has 1 aliphatic rings. The zero-order chi connectivity index (χ0) is 16.4. The predicted octanol–water partition coefficient (Wildman–Crippen LogP) is 5.05. The Balaban J connectivity index is 1.93. The molecule has 1 unspecified atom stereocenters. The highest BCUT2D eigenvalue weighted by Gasteiger charge is 2.24. The van der Waals surface area contributed by atoms with Crippen LogP contribution in [0.15, 0.2) is 48.5 Å². The molecule has 0 amide bonds. The third-order valence-corrected chi connectivity index (χ3v) is 4.02. The van der Waals surface area contributed by atoms with Gasteiger partial charge in [0.25, 0.3) is 0 Å². The van der Waals surface area contributed by atoms with Crippen molar-refractivity contribution in [1.29, 1.82) is 0 Å². The summed E-state index contributed by atoms with van der Waals surface area (Å²) in [6.45, 7) is 6.23. The number of rotatable bonds is 4. The first-order valence-electron chi connectivity index (χ1n) is 7.90. The Bertz CT molecular complexity index is 720. The van der Waals surface area contributed by atoms with E-state index in [2.05, 4.69) is 42.6 Å². The van der Waals surface area contributed by atoms with Gasteiger partial charge in [-0.2, -0.15) is 0 Å². The van der Waals surface area contributed by atoms with Crippen LogP contribution in [0.25, 0.3) is 6.08 Å². The van der Waals surface area contributed by atoms with Gasteiger partial charge < -0.3 is 14.8 Å². The smallest absolute Gasteiger partial charge is 0.131 e. The van der Waals surface area contributed by atoms with E-state index in [1.165, 1.54) is 0 Å². The Labute approximate surface area is 137 Å². The summed E-state index contributed by atoms with van der Waals surface area (Å²) in [5, 5.41) is 3.51. The Morgan fingerprint density at radius 3 is 2.57 bits per heavy atom. The lowest BCUT2D eigenvalue weighted by atomic mass is 9.97. The summed E-state index contributed by atoms with van der Waals surface area (Å²) in [5.74, 6) is 1.70. The molecule has 0 aliphatic carbocycles. The van der Waals surface area contributed by atoms with Crippen LogP contribution in [-0.2, 0) is 0 Å². The molecule has 0 aromatic heterocycles. The molecular formula is C20H23NO2. The fourth-order valence-corrected chi connectivity index (χ4v) is 2.80. The second-order valence-corrected chi connectivity index (χ2v) is 6.40. The molecule has 23 heavy (non-hydrogen) atoms. The Hall–Kier alpha value is -2.42. The van der Waals surface area contributed by atoms with Crippen LogP contribution in [0.4, 0.5) is 5.69 Å². The van der Waals surface area contributed by atoms with E-state index < -0.39 is 0 Å². The van der Waals surface area contributed by atoms with E-state index in [9.17, 15) is 0 Å². The maximum absolute atomic E-state index is 6.03. The highest BCUT2D eigenvalue weighted by atomic mass is 16.5. The summed E-state index contributed by atoms with van der Waals surface area (Å²) in [5.41, 5.74) is 3.01. The fourth-order valence-electron chi connectivity index (χ4n) is 2.80. The molecule has 1 aliphatic heterocycles. The summed E-state index contributed by atoms with van der Waals surface area (Å²) in [4.78, 5) is 0. The molecule has 3 heteroatoms. The van der Waals surface area contributed by atoms with Crippen molar-refractivity contribution in [2.45, 2.75) is 32.4 Å².